The highest BCUT2D eigenvalue weighted by Gasteiger charge is 2.22. The summed E-state index contributed by atoms with van der Waals surface area (Å²) in [5.41, 5.74) is 8.51. The zero-order valence-corrected chi connectivity index (χ0v) is 18.8. The lowest BCUT2D eigenvalue weighted by Crippen LogP contribution is -2.41. The van der Waals surface area contributed by atoms with Gasteiger partial charge in [0.15, 0.2) is 6.61 Å². The number of carbonyl (C=O) groups excluding carboxylic acids is 3. The van der Waals surface area contributed by atoms with Crippen LogP contribution in [0, 0.1) is 0 Å². The van der Waals surface area contributed by atoms with Crippen molar-refractivity contribution in [3.63, 3.8) is 0 Å². The fourth-order valence-electron chi connectivity index (χ4n) is 3.19. The van der Waals surface area contributed by atoms with Crippen LogP contribution in [-0.2, 0) is 32.6 Å². The van der Waals surface area contributed by atoms with Gasteiger partial charge in [0.25, 0.3) is 0 Å². The van der Waals surface area contributed by atoms with Gasteiger partial charge in [0.2, 0.25) is 11.8 Å². The average Bonchev–Trinajstić information content (AvgIpc) is 2.90. The SMILES string of the molecule is NC(=NC(=O)OCc1ccccc1)c1cccc(CNC(=O)[C@H](NC(=O)C[O])c2ccccc2)c1. The Hall–Kier alpha value is -4.50. The molecule has 0 aromatic heterocycles. The summed E-state index contributed by atoms with van der Waals surface area (Å²) in [6, 6.07) is 23.6. The predicted octanol–water partition coefficient (Wildman–Crippen LogP) is 2.63. The number of nitrogens with two attached hydrogens (primary N) is 1. The van der Waals surface area contributed by atoms with Crippen LogP contribution in [0.5, 0.6) is 0 Å². The minimum absolute atomic E-state index is 0.0268. The molecule has 1 atom stereocenters. The van der Waals surface area contributed by atoms with Gasteiger partial charge in [-0.3, -0.25) is 9.59 Å². The first-order valence-electron chi connectivity index (χ1n) is 10.8. The fraction of sp³-hybridized carbons (Fsp3) is 0.154. The number of hydrogen-bond acceptors (Lipinski definition) is 4. The number of benzene rings is 3. The minimum atomic E-state index is -1.01. The van der Waals surface area contributed by atoms with Gasteiger partial charge >= 0.3 is 6.09 Å². The third kappa shape index (κ3) is 7.79. The van der Waals surface area contributed by atoms with E-state index in [1.165, 1.54) is 0 Å². The molecule has 0 unspecified atom stereocenters. The van der Waals surface area contributed by atoms with E-state index < -0.39 is 30.6 Å². The van der Waals surface area contributed by atoms with Crippen LogP contribution in [0.1, 0.15) is 28.3 Å². The second kappa shape index (κ2) is 12.7. The zero-order valence-electron chi connectivity index (χ0n) is 18.8. The van der Waals surface area contributed by atoms with Crippen molar-refractivity contribution in [2.75, 3.05) is 6.61 Å². The number of rotatable bonds is 9. The maximum absolute atomic E-state index is 12.8. The molecule has 1 radical (unpaired) electrons. The molecular formula is C26H25N4O5. The van der Waals surface area contributed by atoms with Crippen LogP contribution in [0.4, 0.5) is 4.79 Å². The summed E-state index contributed by atoms with van der Waals surface area (Å²) in [7, 11) is 0. The summed E-state index contributed by atoms with van der Waals surface area (Å²) in [5, 5.41) is 16.1. The first kappa shape index (κ1) is 25.1. The third-order valence-corrected chi connectivity index (χ3v) is 4.94. The average molecular weight is 474 g/mol. The second-order valence-corrected chi connectivity index (χ2v) is 7.51. The molecular weight excluding hydrogens is 448 g/mol. The summed E-state index contributed by atoms with van der Waals surface area (Å²) < 4.78 is 5.12. The van der Waals surface area contributed by atoms with Crippen LogP contribution >= 0.6 is 0 Å². The zero-order chi connectivity index (χ0) is 25.0. The molecule has 3 rings (SSSR count). The molecule has 4 N–H and O–H groups in total. The molecule has 179 valence electrons. The molecule has 0 heterocycles. The highest BCUT2D eigenvalue weighted by Crippen LogP contribution is 2.14. The van der Waals surface area contributed by atoms with Gasteiger partial charge in [0, 0.05) is 12.1 Å². The van der Waals surface area contributed by atoms with Gasteiger partial charge in [0.05, 0.1) is 0 Å². The standard InChI is InChI=1S/C26H25N4O5/c27-24(30-26(34)35-17-18-8-3-1-4-9-18)21-13-7-10-19(14-21)15-28-25(33)23(29-22(32)16-31)20-11-5-2-6-12-20/h1-14,23H,15-17H2,(H,28,33)(H,29,32)(H2,27,30,34)/t23-/m1/s1. The molecule has 35 heavy (non-hydrogen) atoms. The van der Waals surface area contributed by atoms with Gasteiger partial charge in [-0.1, -0.05) is 78.9 Å². The van der Waals surface area contributed by atoms with Crippen molar-refractivity contribution >= 4 is 23.7 Å². The smallest absolute Gasteiger partial charge is 0.435 e. The normalized spacial score (nSPS) is 11.9. The Morgan fingerprint density at radius 2 is 1.54 bits per heavy atom. The molecule has 0 aliphatic rings. The number of nitrogens with one attached hydrogen (secondary N) is 2. The number of aliphatic imine (C=N–C) groups is 1. The van der Waals surface area contributed by atoms with Crippen LogP contribution in [0.2, 0.25) is 0 Å². The van der Waals surface area contributed by atoms with E-state index in [4.69, 9.17) is 10.5 Å². The Bertz CT molecular complexity index is 1180. The maximum Gasteiger partial charge on any atom is 0.435 e. The molecule has 0 aliphatic carbocycles. The molecule has 9 nitrogen and oxygen atoms in total. The Morgan fingerprint density at radius 1 is 0.886 bits per heavy atom. The van der Waals surface area contributed by atoms with E-state index in [0.717, 1.165) is 5.56 Å². The summed E-state index contributed by atoms with van der Waals surface area (Å²) in [6.07, 6.45) is -0.815. The Labute approximate surface area is 202 Å². The van der Waals surface area contributed by atoms with Crippen LogP contribution in [0.3, 0.4) is 0 Å². The molecule has 0 fully saturated rings. The van der Waals surface area contributed by atoms with Crippen molar-refractivity contribution < 1.29 is 24.2 Å². The highest BCUT2D eigenvalue weighted by atomic mass is 16.5. The lowest BCUT2D eigenvalue weighted by atomic mass is 10.1. The minimum Gasteiger partial charge on any atom is -0.443 e. The largest absolute Gasteiger partial charge is 0.443 e. The Morgan fingerprint density at radius 3 is 2.23 bits per heavy atom. The van der Waals surface area contributed by atoms with Crippen LogP contribution in [-0.4, -0.2) is 30.4 Å². The van der Waals surface area contributed by atoms with Crippen LogP contribution in [0.15, 0.2) is 89.9 Å². The first-order valence-corrected chi connectivity index (χ1v) is 10.8. The molecule has 0 saturated heterocycles. The quantitative estimate of drug-likeness (QED) is 0.323. The monoisotopic (exact) mass is 473 g/mol. The number of hydrogen-bond donors (Lipinski definition) is 3. The van der Waals surface area contributed by atoms with Gasteiger partial charge in [0.1, 0.15) is 18.5 Å². The fourth-order valence-corrected chi connectivity index (χ4v) is 3.19. The van der Waals surface area contributed by atoms with Gasteiger partial charge in [-0.2, -0.15) is 4.99 Å². The molecule has 3 aromatic rings. The molecule has 3 aromatic carbocycles. The third-order valence-electron chi connectivity index (χ3n) is 4.94. The van der Waals surface area contributed by atoms with E-state index in [0.29, 0.717) is 16.7 Å². The molecule has 9 heteroatoms. The first-order chi connectivity index (χ1) is 17.0. The summed E-state index contributed by atoms with van der Waals surface area (Å²) >= 11 is 0. The van der Waals surface area contributed by atoms with Crippen LogP contribution < -0.4 is 16.4 Å². The van der Waals surface area contributed by atoms with Crippen molar-refractivity contribution in [1.29, 1.82) is 0 Å². The van der Waals surface area contributed by atoms with E-state index in [-0.39, 0.29) is 19.0 Å². The molecule has 3 amide bonds. The molecule has 0 aliphatic heterocycles. The van der Waals surface area contributed by atoms with E-state index in [1.807, 2.05) is 30.3 Å². The summed E-state index contributed by atoms with van der Waals surface area (Å²) in [4.78, 5) is 40.2. The Kier molecular flexibility index (Phi) is 9.09. The second-order valence-electron chi connectivity index (χ2n) is 7.51. The van der Waals surface area contributed by atoms with Crippen molar-refractivity contribution in [1.82, 2.24) is 10.6 Å². The maximum atomic E-state index is 12.8. The van der Waals surface area contributed by atoms with Gasteiger partial charge < -0.3 is 21.1 Å². The Balaban J connectivity index is 1.62. The van der Waals surface area contributed by atoms with Crippen molar-refractivity contribution in [3.8, 4) is 0 Å². The van der Waals surface area contributed by atoms with E-state index in [2.05, 4.69) is 15.6 Å². The number of carbonyl (C=O) groups is 3. The number of nitrogens with zero attached hydrogens (tertiary/aromatic N) is 1. The summed E-state index contributed by atoms with van der Waals surface area (Å²) in [5.74, 6) is -1.28. The van der Waals surface area contributed by atoms with Crippen molar-refractivity contribution in [2.45, 2.75) is 19.2 Å². The summed E-state index contributed by atoms with van der Waals surface area (Å²) in [6.45, 7) is -0.784. The lowest BCUT2D eigenvalue weighted by molar-refractivity contribution is -0.131. The van der Waals surface area contributed by atoms with E-state index >= 15 is 0 Å². The van der Waals surface area contributed by atoms with Crippen molar-refractivity contribution in [2.24, 2.45) is 10.7 Å². The van der Waals surface area contributed by atoms with Gasteiger partial charge in [-0.05, 0) is 22.8 Å². The topological polar surface area (TPSA) is 143 Å². The van der Waals surface area contributed by atoms with Crippen LogP contribution in [0.25, 0.3) is 0 Å². The van der Waals surface area contributed by atoms with E-state index in [9.17, 15) is 19.5 Å². The molecule has 0 spiro atoms. The van der Waals surface area contributed by atoms with Crippen molar-refractivity contribution in [3.05, 3.63) is 107 Å². The molecule has 0 bridgehead atoms. The van der Waals surface area contributed by atoms with Gasteiger partial charge in [-0.15, -0.1) is 0 Å². The number of amidine groups is 1. The van der Waals surface area contributed by atoms with Gasteiger partial charge in [-0.25, -0.2) is 9.90 Å². The highest BCUT2D eigenvalue weighted by molar-refractivity contribution is 6.02. The molecule has 0 saturated carbocycles. The predicted molar refractivity (Wildman–Crippen MR) is 129 cm³/mol. The lowest BCUT2D eigenvalue weighted by Gasteiger charge is -2.18. The number of amides is 3. The van der Waals surface area contributed by atoms with E-state index in [1.54, 1.807) is 54.6 Å². The number of ether oxygens (including phenoxy) is 1.